The highest BCUT2D eigenvalue weighted by Gasteiger charge is 2.41. The summed E-state index contributed by atoms with van der Waals surface area (Å²) in [5.41, 5.74) is 7.83. The van der Waals surface area contributed by atoms with Crippen LogP contribution in [0.5, 0.6) is 0 Å². The fourth-order valence-corrected chi connectivity index (χ4v) is 3.61. The lowest BCUT2D eigenvalue weighted by molar-refractivity contribution is -0.142. The van der Waals surface area contributed by atoms with Crippen LogP contribution in [-0.2, 0) is 16.1 Å². The molecule has 1 aromatic carbocycles. The molecule has 5 N–H and O–H groups in total. The average Bonchev–Trinajstić information content (AvgIpc) is 3.18. The number of nitrogens with two attached hydrogens (primary N) is 1. The smallest absolute Gasteiger partial charge is 0.246 e. The Bertz CT molecular complexity index is 771. The molecule has 30 heavy (non-hydrogen) atoms. The molecule has 0 bridgehead atoms. The Balaban J connectivity index is 2.09. The molecule has 0 radical (unpaired) electrons. The number of carbonyl (C=O) groups excluding carboxylic acids is 2. The number of hydrogen-bond donors (Lipinski definition) is 4. The van der Waals surface area contributed by atoms with Crippen LogP contribution >= 0.6 is 0 Å². The van der Waals surface area contributed by atoms with Gasteiger partial charge in [0.15, 0.2) is 0 Å². The van der Waals surface area contributed by atoms with Crippen molar-refractivity contribution in [1.82, 2.24) is 20.9 Å². The topological polar surface area (TPSA) is 99.5 Å². The van der Waals surface area contributed by atoms with Crippen molar-refractivity contribution < 1.29 is 9.59 Å². The van der Waals surface area contributed by atoms with Crippen LogP contribution in [0.3, 0.4) is 0 Å². The van der Waals surface area contributed by atoms with E-state index in [9.17, 15) is 9.59 Å². The first-order valence-electron chi connectivity index (χ1n) is 10.6. The number of rotatable bonds is 8. The molecule has 0 spiro atoms. The lowest BCUT2D eigenvalue weighted by Crippen LogP contribution is -2.57. The zero-order valence-corrected chi connectivity index (χ0v) is 18.9. The van der Waals surface area contributed by atoms with Crippen LogP contribution in [0.25, 0.3) is 0 Å². The second-order valence-electron chi connectivity index (χ2n) is 9.13. The van der Waals surface area contributed by atoms with Gasteiger partial charge in [-0.1, -0.05) is 39.5 Å². The van der Waals surface area contributed by atoms with Crippen molar-refractivity contribution in [2.45, 2.75) is 65.2 Å². The number of nitrogen functional groups attached to an aromatic ring is 1. The van der Waals surface area contributed by atoms with Gasteiger partial charge >= 0.3 is 0 Å². The number of likely N-dealkylation sites (tertiary alicyclic amines) is 1. The lowest BCUT2D eigenvalue weighted by Gasteiger charge is -2.37. The van der Waals surface area contributed by atoms with Gasteiger partial charge in [-0.2, -0.15) is 0 Å². The molecule has 1 heterocycles. The molecular formula is C23H37N5O2. The summed E-state index contributed by atoms with van der Waals surface area (Å²) in [6.07, 6.45) is 1.48. The van der Waals surface area contributed by atoms with E-state index in [4.69, 9.17) is 5.73 Å². The predicted octanol–water partition coefficient (Wildman–Crippen LogP) is 2.00. The number of carbonyl (C=O) groups is 2. The van der Waals surface area contributed by atoms with Gasteiger partial charge in [-0.15, -0.1) is 0 Å². The highest BCUT2D eigenvalue weighted by molar-refractivity contribution is 5.91. The van der Waals surface area contributed by atoms with Gasteiger partial charge in [0.05, 0.1) is 0 Å². The van der Waals surface area contributed by atoms with E-state index >= 15 is 0 Å². The highest BCUT2D eigenvalue weighted by atomic mass is 16.2. The molecule has 0 saturated carbocycles. The van der Waals surface area contributed by atoms with E-state index in [1.165, 1.54) is 0 Å². The lowest BCUT2D eigenvalue weighted by atomic mass is 9.85. The molecule has 1 fully saturated rings. The first-order valence-corrected chi connectivity index (χ1v) is 10.6. The summed E-state index contributed by atoms with van der Waals surface area (Å²) in [6, 6.07) is 6.53. The van der Waals surface area contributed by atoms with Gasteiger partial charge in [-0.05, 0) is 49.9 Å². The summed E-state index contributed by atoms with van der Waals surface area (Å²) in [4.78, 5) is 28.1. The third-order valence-electron chi connectivity index (χ3n) is 5.65. The van der Waals surface area contributed by atoms with Crippen molar-refractivity contribution in [3.05, 3.63) is 42.1 Å². The monoisotopic (exact) mass is 415 g/mol. The Labute approximate surface area is 180 Å². The zero-order chi connectivity index (χ0) is 22.5. The maximum Gasteiger partial charge on any atom is 0.246 e. The Morgan fingerprint density at radius 1 is 1.33 bits per heavy atom. The zero-order valence-electron chi connectivity index (χ0n) is 18.9. The maximum absolute atomic E-state index is 13.5. The van der Waals surface area contributed by atoms with E-state index in [0.29, 0.717) is 25.2 Å². The minimum atomic E-state index is -0.469. The second kappa shape index (κ2) is 9.98. The van der Waals surface area contributed by atoms with Gasteiger partial charge in [0, 0.05) is 30.5 Å². The molecule has 1 aliphatic rings. The largest absolute Gasteiger partial charge is 0.399 e. The first kappa shape index (κ1) is 23.7. The molecule has 2 amide bonds. The van der Waals surface area contributed by atoms with Gasteiger partial charge in [0.1, 0.15) is 12.1 Å². The van der Waals surface area contributed by atoms with Gasteiger partial charge in [-0.3, -0.25) is 9.59 Å². The van der Waals surface area contributed by atoms with Crippen LogP contribution in [0.4, 0.5) is 5.69 Å². The third-order valence-corrected chi connectivity index (χ3v) is 5.65. The minimum absolute atomic E-state index is 0.0265. The highest BCUT2D eigenvalue weighted by Crippen LogP contribution is 2.26. The molecule has 1 aromatic rings. The van der Waals surface area contributed by atoms with Crippen LogP contribution in [0.1, 0.15) is 46.1 Å². The SMILES string of the molecule is C=C(N[C@H](C(=O)N1CCC[C@H]1C(=O)NCc1cccc(N)c1)C(C)(C)C)[C@H](C)NC. The molecule has 0 aliphatic carbocycles. The van der Waals surface area contributed by atoms with E-state index in [-0.39, 0.29) is 23.3 Å². The fraction of sp³-hybridized carbons (Fsp3) is 0.565. The molecular weight excluding hydrogens is 378 g/mol. The predicted molar refractivity (Wildman–Crippen MR) is 121 cm³/mol. The molecule has 1 saturated heterocycles. The van der Waals surface area contributed by atoms with E-state index in [0.717, 1.165) is 17.7 Å². The van der Waals surface area contributed by atoms with Crippen molar-refractivity contribution in [3.8, 4) is 0 Å². The number of hydrogen-bond acceptors (Lipinski definition) is 5. The molecule has 7 heteroatoms. The number of amides is 2. The summed E-state index contributed by atoms with van der Waals surface area (Å²) in [7, 11) is 1.85. The summed E-state index contributed by atoms with van der Waals surface area (Å²) in [6.45, 7) is 13.1. The normalized spacial score (nSPS) is 18.6. The third kappa shape index (κ3) is 5.98. The van der Waals surface area contributed by atoms with Gasteiger partial charge < -0.3 is 26.6 Å². The van der Waals surface area contributed by atoms with Gasteiger partial charge in [0.2, 0.25) is 11.8 Å². The van der Waals surface area contributed by atoms with Crippen LogP contribution in [0.15, 0.2) is 36.5 Å². The van der Waals surface area contributed by atoms with E-state index in [2.05, 4.69) is 22.5 Å². The Morgan fingerprint density at radius 2 is 2.03 bits per heavy atom. The van der Waals surface area contributed by atoms with E-state index < -0.39 is 12.1 Å². The van der Waals surface area contributed by atoms with Crippen molar-refractivity contribution >= 4 is 17.5 Å². The quantitative estimate of drug-likeness (QED) is 0.487. The van der Waals surface area contributed by atoms with Crippen molar-refractivity contribution in [2.75, 3.05) is 19.3 Å². The number of nitrogens with one attached hydrogen (secondary N) is 3. The standard InChI is InChI=1S/C23H37N5O2/c1-15(25-6)16(2)27-20(23(3,4)5)22(30)28-12-8-11-19(28)21(29)26-14-17-9-7-10-18(24)13-17/h7,9-10,13,15,19-20,25,27H,2,8,11-12,14,24H2,1,3-6H3,(H,26,29)/t15-,19-,20+/m0/s1. The number of nitrogens with zero attached hydrogens (tertiary/aromatic N) is 1. The Hall–Kier alpha value is -2.54. The van der Waals surface area contributed by atoms with E-state index in [1.54, 1.807) is 4.90 Å². The molecule has 166 valence electrons. The minimum Gasteiger partial charge on any atom is -0.399 e. The Morgan fingerprint density at radius 3 is 2.63 bits per heavy atom. The molecule has 3 atom stereocenters. The second-order valence-corrected chi connectivity index (χ2v) is 9.13. The summed E-state index contributed by atoms with van der Waals surface area (Å²) in [5.74, 6) is -0.188. The number of anilines is 1. The number of likely N-dealkylation sites (N-methyl/N-ethyl adjacent to an activating group) is 1. The van der Waals surface area contributed by atoms with Crippen molar-refractivity contribution in [1.29, 1.82) is 0 Å². The van der Waals surface area contributed by atoms with Crippen molar-refractivity contribution in [3.63, 3.8) is 0 Å². The van der Waals surface area contributed by atoms with Crippen LogP contribution in [0.2, 0.25) is 0 Å². The number of benzene rings is 1. The fourth-order valence-electron chi connectivity index (χ4n) is 3.61. The summed E-state index contributed by atoms with van der Waals surface area (Å²) < 4.78 is 0. The van der Waals surface area contributed by atoms with Crippen LogP contribution in [0, 0.1) is 5.41 Å². The molecule has 7 nitrogen and oxygen atoms in total. The average molecular weight is 416 g/mol. The molecule has 0 aromatic heterocycles. The molecule has 0 unspecified atom stereocenters. The molecule has 2 rings (SSSR count). The molecule has 1 aliphatic heterocycles. The Kier molecular flexibility index (Phi) is 7.89. The summed E-state index contributed by atoms with van der Waals surface area (Å²) in [5, 5.41) is 9.41. The summed E-state index contributed by atoms with van der Waals surface area (Å²) >= 11 is 0. The van der Waals surface area contributed by atoms with Crippen molar-refractivity contribution in [2.24, 2.45) is 5.41 Å². The maximum atomic E-state index is 13.5. The van der Waals surface area contributed by atoms with Crippen LogP contribution < -0.4 is 21.7 Å². The van der Waals surface area contributed by atoms with Crippen LogP contribution in [-0.4, -0.2) is 48.4 Å². The first-order chi connectivity index (χ1) is 14.0. The van der Waals surface area contributed by atoms with Gasteiger partial charge in [0.25, 0.3) is 0 Å². The van der Waals surface area contributed by atoms with E-state index in [1.807, 2.05) is 59.0 Å². The van der Waals surface area contributed by atoms with Gasteiger partial charge in [-0.25, -0.2) is 0 Å².